The molecule has 0 amide bonds. The Bertz CT molecular complexity index is 2150. The lowest BCUT2D eigenvalue weighted by Gasteiger charge is -2.73. The van der Waals surface area contributed by atoms with Crippen LogP contribution in [0.15, 0.2) is 23.3 Å². The van der Waals surface area contributed by atoms with Gasteiger partial charge in [-0.2, -0.15) is 0 Å². The van der Waals surface area contributed by atoms with Gasteiger partial charge in [0.1, 0.15) is 42.7 Å². The minimum atomic E-state index is -1.90. The number of carbonyl (C=O) groups excluding carboxylic acids is 4. The molecular formula is C53H82O20. The Balaban J connectivity index is 1.25. The molecule has 7 aliphatic rings. The summed E-state index contributed by atoms with van der Waals surface area (Å²) in [6.45, 7) is 17.4. The molecule has 0 aromatic rings. The molecule has 2 aliphatic heterocycles. The zero-order chi connectivity index (χ0) is 54.3. The largest absolute Gasteiger partial charge is 0.469 e. The maximum atomic E-state index is 14.5. The Labute approximate surface area is 427 Å². The fourth-order valence-corrected chi connectivity index (χ4v) is 15.0. The van der Waals surface area contributed by atoms with E-state index in [1.54, 1.807) is 33.8 Å². The molecule has 73 heavy (non-hydrogen) atoms. The van der Waals surface area contributed by atoms with Gasteiger partial charge in [-0.05, 0) is 94.3 Å². The van der Waals surface area contributed by atoms with Crippen molar-refractivity contribution in [2.24, 2.45) is 56.2 Å². The smallest absolute Gasteiger partial charge is 0.337 e. The number of rotatable bonds is 12. The van der Waals surface area contributed by atoms with E-state index in [2.05, 4.69) is 19.9 Å². The molecule has 8 N–H and O–H groups in total. The van der Waals surface area contributed by atoms with Gasteiger partial charge in [0.25, 0.3) is 0 Å². The fourth-order valence-electron chi connectivity index (χ4n) is 15.0. The van der Waals surface area contributed by atoms with E-state index in [1.165, 1.54) is 7.11 Å². The molecule has 6 fully saturated rings. The Morgan fingerprint density at radius 3 is 2.10 bits per heavy atom. The van der Waals surface area contributed by atoms with Crippen LogP contribution in [0.1, 0.15) is 114 Å². The molecule has 0 aromatic heterocycles. The summed E-state index contributed by atoms with van der Waals surface area (Å²) >= 11 is 0. The maximum absolute atomic E-state index is 14.5. The predicted molar refractivity (Wildman–Crippen MR) is 255 cm³/mol. The van der Waals surface area contributed by atoms with Crippen LogP contribution in [-0.2, 0) is 57.1 Å². The number of allylic oxidation sites excluding steroid dienone is 2. The molecule has 23 atom stereocenters. The average molecular weight is 1040 g/mol. The van der Waals surface area contributed by atoms with Crippen molar-refractivity contribution < 1.29 is 97.9 Å². The molecule has 0 bridgehead atoms. The average Bonchev–Trinajstić information content (AvgIpc) is 3.36. The highest BCUT2D eigenvalue weighted by atomic mass is 16.7. The summed E-state index contributed by atoms with van der Waals surface area (Å²) in [7, 11) is 2.33. The van der Waals surface area contributed by atoms with Crippen molar-refractivity contribution in [3.05, 3.63) is 23.3 Å². The van der Waals surface area contributed by atoms with E-state index >= 15 is 0 Å². The van der Waals surface area contributed by atoms with Gasteiger partial charge >= 0.3 is 23.9 Å². The first-order chi connectivity index (χ1) is 34.1. The first kappa shape index (κ1) is 57.6. The van der Waals surface area contributed by atoms with Gasteiger partial charge in [0, 0.05) is 16.4 Å². The number of hydrogen-bond donors (Lipinski definition) is 8. The molecule has 0 spiro atoms. The normalized spacial score (nSPS) is 47.8. The van der Waals surface area contributed by atoms with Crippen molar-refractivity contribution in [1.82, 2.24) is 0 Å². The zero-order valence-electron chi connectivity index (χ0n) is 44.4. The summed E-state index contributed by atoms with van der Waals surface area (Å²) in [6.07, 6.45) is -16.1. The molecule has 0 aromatic carbocycles. The number of ether oxygens (including phenoxy) is 8. The number of esters is 4. The Morgan fingerprint density at radius 2 is 1.49 bits per heavy atom. The van der Waals surface area contributed by atoms with Crippen LogP contribution < -0.4 is 0 Å². The molecule has 0 radical (unpaired) electrons. The van der Waals surface area contributed by atoms with Crippen molar-refractivity contribution in [2.75, 3.05) is 27.4 Å². The monoisotopic (exact) mass is 1040 g/mol. The molecule has 7 unspecified atom stereocenters. The third kappa shape index (κ3) is 8.73. The van der Waals surface area contributed by atoms with Crippen molar-refractivity contribution in [1.29, 1.82) is 0 Å². The van der Waals surface area contributed by atoms with Crippen LogP contribution in [-0.4, -0.2) is 178 Å². The van der Waals surface area contributed by atoms with E-state index in [9.17, 15) is 60.0 Å². The van der Waals surface area contributed by atoms with E-state index < -0.39 is 173 Å². The summed E-state index contributed by atoms with van der Waals surface area (Å²) in [5.74, 6) is -4.85. The molecule has 20 heteroatoms. The van der Waals surface area contributed by atoms with Gasteiger partial charge in [0.2, 0.25) is 0 Å². The second-order valence-corrected chi connectivity index (χ2v) is 23.8. The SMILES string of the molecule is C/C=C(/C)C(=O)O[C@H]1C(OC(=O)C(C)CC)[C@]2(CO)C(O)C(O)C3(C)C(=CCC4[C@@]5(C)CC[C@H](O[C@@H]6O[C@H](C(=O)OC)[C@@H](O)[C@H](O[C@@H]7OC[C@@H](O)[C@H](O)[C@H]7O)[C@H]6O)[C@@](C)(C(=O)OC)C5CC[C@]43C)[C@@H]2CC1(C)C. The highest BCUT2D eigenvalue weighted by Crippen LogP contribution is 2.76. The van der Waals surface area contributed by atoms with Gasteiger partial charge in [-0.25, -0.2) is 9.59 Å². The standard InChI is InChI=1S/C53H82O20/c1-13-24(3)42(62)72-40-41(73-43(63)25(4)14-2)53(23-54)27(21-48(40,5)6)26-15-16-29-49(7)19-18-31(51(9,47(65)67-12)30(49)17-20-50(29,8)52(26,10)38(60)39(53)61)69-46-35(59)36(34(58)37(71-46)44(64)66-11)70-45-33(57)32(56)28(55)22-68-45/h13,15,25,27-41,45-46,54-61H,14,16-23H2,1-12H3/b24-13-/t25?,27-,28+,29?,30?,31-,32-,33+,34-,35+,36-,37-,38?,39?,40-,41?,45-,46+,49+,50+,51-,52?,53-/m0/s1. The highest BCUT2D eigenvalue weighted by Gasteiger charge is 2.77. The van der Waals surface area contributed by atoms with Gasteiger partial charge in [-0.1, -0.05) is 66.2 Å². The van der Waals surface area contributed by atoms with E-state index in [0.29, 0.717) is 37.7 Å². The van der Waals surface area contributed by atoms with Crippen molar-refractivity contribution in [2.45, 2.75) is 200 Å². The van der Waals surface area contributed by atoms with Gasteiger partial charge in [-0.15, -0.1) is 0 Å². The summed E-state index contributed by atoms with van der Waals surface area (Å²) in [4.78, 5) is 55.0. The minimum Gasteiger partial charge on any atom is -0.469 e. The fraction of sp³-hybridized carbons (Fsp3) is 0.849. The van der Waals surface area contributed by atoms with Gasteiger partial charge < -0.3 is 78.7 Å². The lowest BCUT2D eigenvalue weighted by Crippen LogP contribution is -2.76. The molecule has 414 valence electrons. The number of aliphatic hydroxyl groups is 8. The number of hydrogen-bond acceptors (Lipinski definition) is 20. The predicted octanol–water partition coefficient (Wildman–Crippen LogP) is 1.76. The van der Waals surface area contributed by atoms with Crippen LogP contribution >= 0.6 is 0 Å². The first-order valence-electron chi connectivity index (χ1n) is 25.9. The van der Waals surface area contributed by atoms with E-state index in [0.717, 1.165) is 12.7 Å². The summed E-state index contributed by atoms with van der Waals surface area (Å²) in [5.41, 5.74) is -5.54. The van der Waals surface area contributed by atoms with Gasteiger partial charge in [0.15, 0.2) is 24.8 Å². The van der Waals surface area contributed by atoms with E-state index in [1.807, 2.05) is 27.7 Å². The summed E-state index contributed by atoms with van der Waals surface area (Å²) in [5, 5.41) is 91.9. The van der Waals surface area contributed by atoms with Crippen molar-refractivity contribution in [3.63, 3.8) is 0 Å². The molecular weight excluding hydrogens is 957 g/mol. The maximum Gasteiger partial charge on any atom is 0.337 e. The number of carbonyl (C=O) groups is 4. The van der Waals surface area contributed by atoms with Crippen LogP contribution in [0.3, 0.4) is 0 Å². The van der Waals surface area contributed by atoms with Crippen LogP contribution in [0.2, 0.25) is 0 Å². The van der Waals surface area contributed by atoms with Gasteiger partial charge in [0.05, 0.1) is 62.5 Å². The lowest BCUT2D eigenvalue weighted by atomic mass is 9.32. The zero-order valence-corrected chi connectivity index (χ0v) is 44.4. The quantitative estimate of drug-likeness (QED) is 0.0454. The summed E-state index contributed by atoms with van der Waals surface area (Å²) in [6, 6.07) is 0. The Hall–Kier alpha value is -3.12. The van der Waals surface area contributed by atoms with Crippen LogP contribution in [0.25, 0.3) is 0 Å². The minimum absolute atomic E-state index is 0.183. The topological polar surface area (TPSA) is 304 Å². The third-order valence-corrected chi connectivity index (χ3v) is 19.9. The second-order valence-electron chi connectivity index (χ2n) is 23.8. The first-order valence-corrected chi connectivity index (χ1v) is 25.9. The van der Waals surface area contributed by atoms with Crippen molar-refractivity contribution >= 4 is 23.9 Å². The third-order valence-electron chi connectivity index (χ3n) is 19.9. The van der Waals surface area contributed by atoms with Crippen LogP contribution in [0.5, 0.6) is 0 Å². The molecule has 7 rings (SSSR count). The molecule has 4 saturated carbocycles. The van der Waals surface area contributed by atoms with E-state index in [-0.39, 0.29) is 18.8 Å². The van der Waals surface area contributed by atoms with Crippen molar-refractivity contribution in [3.8, 4) is 0 Å². The van der Waals surface area contributed by atoms with Gasteiger partial charge in [-0.3, -0.25) is 9.59 Å². The molecule has 2 saturated heterocycles. The molecule has 20 nitrogen and oxygen atoms in total. The number of aliphatic hydroxyl groups excluding tert-OH is 8. The Kier molecular flexibility index (Phi) is 16.3. The van der Waals surface area contributed by atoms with Crippen LogP contribution in [0.4, 0.5) is 0 Å². The lowest BCUT2D eigenvalue weighted by molar-refractivity contribution is -0.357. The second kappa shape index (κ2) is 20.7. The molecule has 2 heterocycles. The highest BCUT2D eigenvalue weighted by molar-refractivity contribution is 5.88. The number of methoxy groups -OCH3 is 2. The Morgan fingerprint density at radius 1 is 0.822 bits per heavy atom. The number of fused-ring (bicyclic) bond motifs is 7. The molecule has 5 aliphatic carbocycles. The van der Waals surface area contributed by atoms with Crippen LogP contribution in [0, 0.1) is 56.2 Å². The summed E-state index contributed by atoms with van der Waals surface area (Å²) < 4.78 is 46.8. The van der Waals surface area contributed by atoms with E-state index in [4.69, 9.17) is 37.9 Å².